The predicted molar refractivity (Wildman–Crippen MR) is 86.5 cm³/mol. The molecule has 0 heterocycles. The minimum absolute atomic E-state index is 0.0501. The molecule has 0 radical (unpaired) electrons. The van der Waals surface area contributed by atoms with Crippen LogP contribution in [0.5, 0.6) is 0 Å². The summed E-state index contributed by atoms with van der Waals surface area (Å²) in [7, 11) is 0. The molecule has 3 nitrogen and oxygen atoms in total. The van der Waals surface area contributed by atoms with Crippen LogP contribution in [0.15, 0.2) is 0 Å². The van der Waals surface area contributed by atoms with Crippen molar-refractivity contribution in [2.75, 3.05) is 0 Å². The maximum absolute atomic E-state index is 11.9. The topological polar surface area (TPSA) is 35.5 Å². The van der Waals surface area contributed by atoms with Crippen molar-refractivity contribution in [2.24, 2.45) is 23.7 Å². The van der Waals surface area contributed by atoms with Crippen LogP contribution in [0.3, 0.4) is 0 Å². The monoisotopic (exact) mass is 306 g/mol. The van der Waals surface area contributed by atoms with Crippen molar-refractivity contribution in [1.29, 1.82) is 0 Å². The van der Waals surface area contributed by atoms with E-state index in [4.69, 9.17) is 8.37 Å². The molecule has 0 aliphatic carbocycles. The quantitative estimate of drug-likeness (QED) is 0.585. The highest BCUT2D eigenvalue weighted by molar-refractivity contribution is 7.75. The first-order valence-corrected chi connectivity index (χ1v) is 8.89. The summed E-state index contributed by atoms with van der Waals surface area (Å²) in [5.74, 6) is 2.00. The third-order valence-corrected chi connectivity index (χ3v) is 4.67. The molecule has 0 N–H and O–H groups in total. The second kappa shape index (κ2) is 9.91. The van der Waals surface area contributed by atoms with Crippen molar-refractivity contribution in [2.45, 2.75) is 80.4 Å². The molecule has 0 amide bonds. The molecule has 122 valence electrons. The zero-order valence-corrected chi connectivity index (χ0v) is 15.3. The van der Waals surface area contributed by atoms with E-state index in [1.165, 1.54) is 0 Å². The molecule has 20 heavy (non-hydrogen) atoms. The third-order valence-electron chi connectivity index (χ3n) is 3.75. The van der Waals surface area contributed by atoms with E-state index in [0.29, 0.717) is 23.7 Å². The average molecular weight is 307 g/mol. The molecule has 4 heteroatoms. The Balaban J connectivity index is 4.15. The summed E-state index contributed by atoms with van der Waals surface area (Å²) in [6.07, 6.45) is 2.03. The smallest absolute Gasteiger partial charge is 0.265 e. The Kier molecular flexibility index (Phi) is 9.94. The van der Waals surface area contributed by atoms with Crippen LogP contribution in [-0.2, 0) is 19.7 Å². The fourth-order valence-corrected chi connectivity index (χ4v) is 3.25. The zero-order valence-electron chi connectivity index (χ0n) is 14.5. The molecule has 0 saturated carbocycles. The van der Waals surface area contributed by atoms with Gasteiger partial charge < -0.3 is 0 Å². The summed E-state index contributed by atoms with van der Waals surface area (Å²) >= 11 is -1.65. The SMILES string of the molecule is CC(C)CC(C)C(C)OS(=O)OC(C)C(C)CC(C)C. The molecule has 0 aromatic carbocycles. The Morgan fingerprint density at radius 3 is 1.25 bits per heavy atom. The number of rotatable bonds is 10. The van der Waals surface area contributed by atoms with E-state index in [0.717, 1.165) is 12.8 Å². The van der Waals surface area contributed by atoms with Gasteiger partial charge in [0.15, 0.2) is 0 Å². The first-order valence-electron chi connectivity index (χ1n) is 7.89. The van der Waals surface area contributed by atoms with Crippen molar-refractivity contribution in [3.8, 4) is 0 Å². The molecule has 0 saturated heterocycles. The highest BCUT2D eigenvalue weighted by atomic mass is 32.2. The highest BCUT2D eigenvalue weighted by Gasteiger charge is 2.21. The van der Waals surface area contributed by atoms with E-state index in [1.54, 1.807) is 0 Å². The van der Waals surface area contributed by atoms with Gasteiger partial charge in [0.25, 0.3) is 0 Å². The highest BCUT2D eigenvalue weighted by Crippen LogP contribution is 2.21. The maximum Gasteiger partial charge on any atom is 0.305 e. The van der Waals surface area contributed by atoms with Gasteiger partial charge in [-0.2, -0.15) is 4.21 Å². The Morgan fingerprint density at radius 2 is 1.00 bits per heavy atom. The largest absolute Gasteiger partial charge is 0.305 e. The van der Waals surface area contributed by atoms with Gasteiger partial charge in [-0.25, -0.2) is 0 Å². The van der Waals surface area contributed by atoms with Crippen molar-refractivity contribution in [3.63, 3.8) is 0 Å². The van der Waals surface area contributed by atoms with Crippen molar-refractivity contribution in [3.05, 3.63) is 0 Å². The lowest BCUT2D eigenvalue weighted by molar-refractivity contribution is 0.100. The van der Waals surface area contributed by atoms with E-state index in [1.807, 2.05) is 13.8 Å². The van der Waals surface area contributed by atoms with Crippen LogP contribution in [-0.4, -0.2) is 16.4 Å². The lowest BCUT2D eigenvalue weighted by Crippen LogP contribution is -2.26. The lowest BCUT2D eigenvalue weighted by Gasteiger charge is -2.24. The van der Waals surface area contributed by atoms with E-state index < -0.39 is 11.4 Å². The van der Waals surface area contributed by atoms with E-state index in [-0.39, 0.29) is 12.2 Å². The molecule has 4 unspecified atom stereocenters. The molecule has 0 aromatic heterocycles. The van der Waals surface area contributed by atoms with Crippen molar-refractivity contribution < 1.29 is 12.6 Å². The number of hydrogen-bond acceptors (Lipinski definition) is 3. The van der Waals surface area contributed by atoms with Gasteiger partial charge in [0.05, 0.1) is 12.2 Å². The first-order chi connectivity index (χ1) is 9.13. The van der Waals surface area contributed by atoms with Gasteiger partial charge in [-0.3, -0.25) is 8.37 Å². The standard InChI is InChI=1S/C16H34O3S/c1-11(2)9-13(5)15(7)18-20(17)19-16(8)14(6)10-12(3)4/h11-16H,9-10H2,1-8H3. The van der Waals surface area contributed by atoms with Crippen molar-refractivity contribution >= 4 is 11.4 Å². The van der Waals surface area contributed by atoms with Crippen LogP contribution in [0.1, 0.15) is 68.2 Å². The van der Waals surface area contributed by atoms with E-state index in [9.17, 15) is 4.21 Å². The van der Waals surface area contributed by atoms with Gasteiger partial charge >= 0.3 is 11.4 Å². The van der Waals surface area contributed by atoms with Crippen molar-refractivity contribution in [1.82, 2.24) is 0 Å². The predicted octanol–water partition coefficient (Wildman–Crippen LogP) is 4.74. The molecular formula is C16H34O3S. The molecule has 0 spiro atoms. The molecule has 0 aliphatic heterocycles. The molecule has 0 rings (SSSR count). The second-order valence-corrected chi connectivity index (χ2v) is 7.81. The van der Waals surface area contributed by atoms with Crippen LogP contribution in [0.4, 0.5) is 0 Å². The first kappa shape index (κ1) is 20.1. The molecular weight excluding hydrogens is 272 g/mol. The van der Waals surface area contributed by atoms with Crippen LogP contribution in [0.25, 0.3) is 0 Å². The summed E-state index contributed by atoms with van der Waals surface area (Å²) < 4.78 is 22.9. The Morgan fingerprint density at radius 1 is 0.700 bits per heavy atom. The second-order valence-electron chi connectivity index (χ2n) is 7.02. The minimum Gasteiger partial charge on any atom is -0.265 e. The fraction of sp³-hybridized carbons (Fsp3) is 1.00. The molecule has 0 aromatic rings. The fourth-order valence-electron chi connectivity index (χ4n) is 2.33. The normalized spacial score (nSPS) is 19.9. The summed E-state index contributed by atoms with van der Waals surface area (Å²) in [5.41, 5.74) is 0. The van der Waals surface area contributed by atoms with Crippen LogP contribution in [0, 0.1) is 23.7 Å². The summed E-state index contributed by atoms with van der Waals surface area (Å²) in [6.45, 7) is 16.9. The van der Waals surface area contributed by atoms with Gasteiger partial charge in [0.2, 0.25) is 0 Å². The summed E-state index contributed by atoms with van der Waals surface area (Å²) in [4.78, 5) is 0. The maximum atomic E-state index is 11.9. The van der Waals surface area contributed by atoms with Gasteiger partial charge in [0, 0.05) is 0 Å². The molecule has 0 bridgehead atoms. The van der Waals surface area contributed by atoms with E-state index in [2.05, 4.69) is 41.5 Å². The van der Waals surface area contributed by atoms with Gasteiger partial charge in [0.1, 0.15) is 0 Å². The number of hydrogen-bond donors (Lipinski definition) is 0. The van der Waals surface area contributed by atoms with Crippen LogP contribution < -0.4 is 0 Å². The van der Waals surface area contributed by atoms with E-state index >= 15 is 0 Å². The summed E-state index contributed by atoms with van der Waals surface area (Å²) in [6, 6.07) is 0. The third kappa shape index (κ3) is 9.09. The van der Waals surface area contributed by atoms with Crippen LogP contribution >= 0.6 is 0 Å². The van der Waals surface area contributed by atoms with Crippen LogP contribution in [0.2, 0.25) is 0 Å². The lowest BCUT2D eigenvalue weighted by atomic mass is 9.95. The molecule has 0 fully saturated rings. The Bertz CT molecular complexity index is 253. The minimum atomic E-state index is -1.65. The Hall–Kier alpha value is 0.0700. The Labute approximate surface area is 128 Å². The molecule has 4 atom stereocenters. The van der Waals surface area contributed by atoms with Gasteiger partial charge in [-0.15, -0.1) is 0 Å². The zero-order chi connectivity index (χ0) is 15.9. The average Bonchev–Trinajstić information content (AvgIpc) is 2.26. The van der Waals surface area contributed by atoms with Gasteiger partial charge in [-0.05, 0) is 50.4 Å². The molecule has 0 aliphatic rings. The summed E-state index contributed by atoms with van der Waals surface area (Å²) in [5, 5.41) is 0. The van der Waals surface area contributed by atoms with Gasteiger partial charge in [-0.1, -0.05) is 41.5 Å².